The van der Waals surface area contributed by atoms with Gasteiger partial charge in [0.2, 0.25) is 0 Å². The summed E-state index contributed by atoms with van der Waals surface area (Å²) < 4.78 is 11.3. The molecule has 1 heterocycles. The molecule has 0 spiro atoms. The van der Waals surface area contributed by atoms with Crippen LogP contribution in [0.1, 0.15) is 44.1 Å². The third kappa shape index (κ3) is 3.79. The number of rotatable bonds is 6. The standard InChI is InChI=1S/C20H29N3O3/c1-14-9-16(25-3)11-17(10-14)26-13-20(12-15-7-5-4-6-8-15)18(24)23(2)19(21)22-20/h9-11,15H,4-8,12-13H2,1-3H3,(H2,21,22). The van der Waals surface area contributed by atoms with Crippen molar-refractivity contribution >= 4 is 11.9 Å². The number of hydrogen-bond donors (Lipinski definition) is 2. The predicted molar refractivity (Wildman–Crippen MR) is 101 cm³/mol. The first-order valence-electron chi connectivity index (χ1n) is 9.37. The number of likely N-dealkylation sites (N-methyl/N-ethyl adjacent to an activating group) is 1. The number of amides is 1. The first-order chi connectivity index (χ1) is 12.4. The smallest absolute Gasteiger partial charge is 0.258 e. The molecule has 1 aliphatic heterocycles. The van der Waals surface area contributed by atoms with Crippen LogP contribution in [0, 0.1) is 18.3 Å². The molecule has 1 amide bonds. The summed E-state index contributed by atoms with van der Waals surface area (Å²) in [4.78, 5) is 14.3. The number of carbonyl (C=O) groups excluding carboxylic acids is 1. The van der Waals surface area contributed by atoms with Crippen LogP contribution in [-0.4, -0.2) is 43.1 Å². The number of methoxy groups -OCH3 is 1. The second-order valence-corrected chi connectivity index (χ2v) is 7.60. The number of hydrogen-bond acceptors (Lipinski definition) is 4. The Labute approximate surface area is 155 Å². The monoisotopic (exact) mass is 359 g/mol. The summed E-state index contributed by atoms with van der Waals surface area (Å²) in [6.07, 6.45) is 6.72. The Hall–Kier alpha value is -2.24. The average Bonchev–Trinajstić information content (AvgIpc) is 2.84. The van der Waals surface area contributed by atoms with E-state index in [4.69, 9.17) is 14.9 Å². The average molecular weight is 359 g/mol. The van der Waals surface area contributed by atoms with Gasteiger partial charge in [-0.3, -0.25) is 15.1 Å². The van der Waals surface area contributed by atoms with E-state index in [1.807, 2.05) is 25.1 Å². The Morgan fingerprint density at radius 2 is 1.92 bits per heavy atom. The number of ether oxygens (including phenoxy) is 2. The number of carbonyl (C=O) groups is 1. The van der Waals surface area contributed by atoms with Crippen LogP contribution in [0.5, 0.6) is 11.5 Å². The lowest BCUT2D eigenvalue weighted by atomic mass is 9.79. The number of guanidine groups is 1. The van der Waals surface area contributed by atoms with Gasteiger partial charge < -0.3 is 14.8 Å². The van der Waals surface area contributed by atoms with E-state index in [9.17, 15) is 4.79 Å². The molecule has 1 aliphatic carbocycles. The van der Waals surface area contributed by atoms with E-state index >= 15 is 0 Å². The molecule has 2 fully saturated rings. The molecule has 26 heavy (non-hydrogen) atoms. The van der Waals surface area contributed by atoms with Crippen molar-refractivity contribution in [2.45, 2.75) is 51.0 Å². The summed E-state index contributed by atoms with van der Waals surface area (Å²) in [7, 11) is 3.28. The summed E-state index contributed by atoms with van der Waals surface area (Å²) in [6.45, 7) is 2.19. The summed E-state index contributed by atoms with van der Waals surface area (Å²) in [5.41, 5.74) is 0.182. The van der Waals surface area contributed by atoms with Crippen LogP contribution in [0.2, 0.25) is 0 Å². The van der Waals surface area contributed by atoms with Crippen LogP contribution in [-0.2, 0) is 4.79 Å². The SMILES string of the molecule is COc1cc(C)cc(OCC2(CC3CCCCC3)NC(=N)N(C)C2=O)c1. The molecule has 142 valence electrons. The number of aryl methyl sites for hydroxylation is 1. The van der Waals surface area contributed by atoms with Gasteiger partial charge >= 0.3 is 0 Å². The van der Waals surface area contributed by atoms with Crippen LogP contribution < -0.4 is 14.8 Å². The molecule has 1 aromatic rings. The van der Waals surface area contributed by atoms with Gasteiger partial charge in [-0.1, -0.05) is 32.1 Å². The van der Waals surface area contributed by atoms with Crippen molar-refractivity contribution in [2.75, 3.05) is 20.8 Å². The van der Waals surface area contributed by atoms with Gasteiger partial charge in [0.15, 0.2) is 11.5 Å². The van der Waals surface area contributed by atoms with Gasteiger partial charge in [0.1, 0.15) is 18.1 Å². The lowest BCUT2D eigenvalue weighted by molar-refractivity contribution is -0.132. The third-order valence-corrected chi connectivity index (χ3v) is 5.51. The highest BCUT2D eigenvalue weighted by molar-refractivity contribution is 6.07. The first-order valence-corrected chi connectivity index (χ1v) is 9.37. The Kier molecular flexibility index (Phi) is 5.39. The van der Waals surface area contributed by atoms with Crippen molar-refractivity contribution in [3.8, 4) is 11.5 Å². The highest BCUT2D eigenvalue weighted by Crippen LogP contribution is 2.34. The topological polar surface area (TPSA) is 74.7 Å². The van der Waals surface area contributed by atoms with Gasteiger partial charge in [0.05, 0.1) is 7.11 Å². The lowest BCUT2D eigenvalue weighted by Crippen LogP contribution is -2.53. The number of benzene rings is 1. The predicted octanol–water partition coefficient (Wildman–Crippen LogP) is 3.09. The van der Waals surface area contributed by atoms with Gasteiger partial charge in [0.25, 0.3) is 5.91 Å². The van der Waals surface area contributed by atoms with Crippen LogP contribution in [0.3, 0.4) is 0 Å². The van der Waals surface area contributed by atoms with Crippen molar-refractivity contribution in [1.29, 1.82) is 5.41 Å². The molecule has 1 atom stereocenters. The van der Waals surface area contributed by atoms with Crippen LogP contribution in [0.15, 0.2) is 18.2 Å². The maximum Gasteiger partial charge on any atom is 0.258 e. The summed E-state index contributed by atoms with van der Waals surface area (Å²) in [6, 6.07) is 5.70. The Morgan fingerprint density at radius 1 is 1.23 bits per heavy atom. The Balaban J connectivity index is 1.79. The van der Waals surface area contributed by atoms with Gasteiger partial charge in [-0.15, -0.1) is 0 Å². The highest BCUT2D eigenvalue weighted by Gasteiger charge is 2.50. The van der Waals surface area contributed by atoms with Crippen molar-refractivity contribution in [3.63, 3.8) is 0 Å². The minimum atomic E-state index is -0.856. The molecule has 1 saturated carbocycles. The minimum absolute atomic E-state index is 0.0762. The fourth-order valence-corrected chi connectivity index (χ4v) is 4.09. The molecule has 0 radical (unpaired) electrons. The second kappa shape index (κ2) is 7.56. The van der Waals surface area contributed by atoms with Gasteiger partial charge in [-0.05, 0) is 37.0 Å². The summed E-state index contributed by atoms with van der Waals surface area (Å²) >= 11 is 0. The molecular weight excluding hydrogens is 330 g/mol. The molecule has 6 heteroatoms. The maximum atomic E-state index is 12.9. The minimum Gasteiger partial charge on any atom is -0.497 e. The van der Waals surface area contributed by atoms with Gasteiger partial charge in [-0.25, -0.2) is 0 Å². The zero-order valence-corrected chi connectivity index (χ0v) is 15.9. The largest absolute Gasteiger partial charge is 0.497 e. The summed E-state index contributed by atoms with van der Waals surface area (Å²) in [5.74, 6) is 1.98. The normalized spacial score (nSPS) is 23.9. The molecule has 0 bridgehead atoms. The molecule has 1 saturated heterocycles. The Bertz CT molecular complexity index is 685. The van der Waals surface area contributed by atoms with Crippen molar-refractivity contribution < 1.29 is 14.3 Å². The highest BCUT2D eigenvalue weighted by atomic mass is 16.5. The van der Waals surface area contributed by atoms with Crippen LogP contribution in [0.4, 0.5) is 0 Å². The van der Waals surface area contributed by atoms with E-state index in [2.05, 4.69) is 5.32 Å². The van der Waals surface area contributed by atoms with E-state index in [0.29, 0.717) is 18.1 Å². The second-order valence-electron chi connectivity index (χ2n) is 7.60. The van der Waals surface area contributed by atoms with Crippen molar-refractivity contribution in [2.24, 2.45) is 5.92 Å². The molecule has 0 aromatic heterocycles. The summed E-state index contributed by atoms with van der Waals surface area (Å²) in [5, 5.41) is 11.2. The number of nitrogens with zero attached hydrogens (tertiary/aromatic N) is 1. The molecule has 2 N–H and O–H groups in total. The fraction of sp³-hybridized carbons (Fsp3) is 0.600. The maximum absolute atomic E-state index is 12.9. The molecule has 2 aliphatic rings. The fourth-order valence-electron chi connectivity index (χ4n) is 4.09. The van der Waals surface area contributed by atoms with Crippen molar-refractivity contribution in [1.82, 2.24) is 10.2 Å². The van der Waals surface area contributed by atoms with E-state index in [1.165, 1.54) is 24.2 Å². The molecule has 1 unspecified atom stereocenters. The molecular formula is C20H29N3O3. The molecule has 6 nitrogen and oxygen atoms in total. The van der Waals surface area contributed by atoms with Crippen LogP contribution >= 0.6 is 0 Å². The third-order valence-electron chi connectivity index (χ3n) is 5.51. The van der Waals surface area contributed by atoms with Crippen LogP contribution in [0.25, 0.3) is 0 Å². The van der Waals surface area contributed by atoms with Gasteiger partial charge in [-0.2, -0.15) is 0 Å². The zero-order valence-electron chi connectivity index (χ0n) is 15.9. The zero-order chi connectivity index (χ0) is 18.7. The van der Waals surface area contributed by atoms with E-state index in [0.717, 1.165) is 24.2 Å². The molecule has 1 aromatic carbocycles. The van der Waals surface area contributed by atoms with E-state index in [1.54, 1.807) is 14.2 Å². The molecule has 3 rings (SSSR count). The van der Waals surface area contributed by atoms with Crippen molar-refractivity contribution in [3.05, 3.63) is 23.8 Å². The van der Waals surface area contributed by atoms with E-state index < -0.39 is 5.54 Å². The quantitative estimate of drug-likeness (QED) is 0.818. The van der Waals surface area contributed by atoms with Gasteiger partial charge in [0, 0.05) is 13.1 Å². The lowest BCUT2D eigenvalue weighted by Gasteiger charge is -2.32. The van der Waals surface area contributed by atoms with E-state index in [-0.39, 0.29) is 18.5 Å². The Morgan fingerprint density at radius 3 is 2.54 bits per heavy atom. The first kappa shape index (κ1) is 18.5. The number of nitrogens with one attached hydrogen (secondary N) is 2.